The zero-order valence-electron chi connectivity index (χ0n) is 12.4. The van der Waals surface area contributed by atoms with E-state index in [1.54, 1.807) is 6.07 Å². The van der Waals surface area contributed by atoms with Crippen LogP contribution in [0.3, 0.4) is 0 Å². The molecule has 20 heavy (non-hydrogen) atoms. The highest BCUT2D eigenvalue weighted by Gasteiger charge is 2.27. The van der Waals surface area contributed by atoms with Gasteiger partial charge in [0.2, 0.25) is 0 Å². The lowest BCUT2D eigenvalue weighted by Gasteiger charge is -2.35. The van der Waals surface area contributed by atoms with Gasteiger partial charge in [0.15, 0.2) is 0 Å². The maximum atomic E-state index is 13.8. The molecule has 112 valence electrons. The van der Waals surface area contributed by atoms with Gasteiger partial charge in [-0.25, -0.2) is 4.39 Å². The van der Waals surface area contributed by atoms with Gasteiger partial charge in [-0.3, -0.25) is 0 Å². The van der Waals surface area contributed by atoms with Crippen LogP contribution in [0.2, 0.25) is 0 Å². The monoisotopic (exact) mass is 280 g/mol. The zero-order valence-corrected chi connectivity index (χ0v) is 12.4. The summed E-state index contributed by atoms with van der Waals surface area (Å²) in [6.07, 6.45) is 1.86. The van der Waals surface area contributed by atoms with Crippen LogP contribution in [-0.4, -0.2) is 50.3 Å². The van der Waals surface area contributed by atoms with Crippen LogP contribution < -0.4 is 5.32 Å². The summed E-state index contributed by atoms with van der Waals surface area (Å²) < 4.78 is 19.7. The average Bonchev–Trinajstić information content (AvgIpc) is 2.45. The summed E-state index contributed by atoms with van der Waals surface area (Å²) in [6.45, 7) is 5.69. The lowest BCUT2D eigenvalue weighted by atomic mass is 9.99. The smallest absolute Gasteiger partial charge is 0.126 e. The van der Waals surface area contributed by atoms with Gasteiger partial charge in [0.25, 0.3) is 0 Å². The van der Waals surface area contributed by atoms with E-state index in [1.807, 2.05) is 12.1 Å². The Labute approximate surface area is 121 Å². The molecule has 1 saturated heterocycles. The minimum absolute atomic E-state index is 0.125. The lowest BCUT2D eigenvalue weighted by molar-refractivity contribution is -0.0384. The fraction of sp³-hybridized carbons (Fsp3) is 0.625. The molecule has 0 amide bonds. The Kier molecular flexibility index (Phi) is 5.95. The van der Waals surface area contributed by atoms with Crippen LogP contribution in [0.1, 0.15) is 18.9 Å². The van der Waals surface area contributed by atoms with Gasteiger partial charge in [0, 0.05) is 19.1 Å². The molecule has 0 aliphatic carbocycles. The number of ether oxygens (including phenoxy) is 1. The Morgan fingerprint density at radius 3 is 2.95 bits per heavy atom. The van der Waals surface area contributed by atoms with E-state index < -0.39 is 0 Å². The molecule has 1 aromatic carbocycles. The first kappa shape index (κ1) is 15.4. The number of morpholine rings is 1. The van der Waals surface area contributed by atoms with Crippen molar-refractivity contribution in [3.8, 4) is 0 Å². The molecule has 1 N–H and O–H groups in total. The first-order chi connectivity index (χ1) is 9.70. The fourth-order valence-corrected chi connectivity index (χ4v) is 2.62. The topological polar surface area (TPSA) is 24.5 Å². The van der Waals surface area contributed by atoms with Crippen LogP contribution in [0.5, 0.6) is 0 Å². The molecule has 1 aliphatic rings. The molecule has 2 atom stereocenters. The molecule has 4 heteroatoms. The summed E-state index contributed by atoms with van der Waals surface area (Å²) in [5, 5.41) is 3.52. The molecule has 2 rings (SSSR count). The van der Waals surface area contributed by atoms with E-state index in [2.05, 4.69) is 24.2 Å². The summed E-state index contributed by atoms with van der Waals surface area (Å²) in [5.41, 5.74) is 0.762. The molecule has 2 unspecified atom stereocenters. The van der Waals surface area contributed by atoms with Crippen molar-refractivity contribution in [2.24, 2.45) is 0 Å². The van der Waals surface area contributed by atoms with Crippen molar-refractivity contribution in [1.29, 1.82) is 0 Å². The number of benzene rings is 1. The predicted octanol–water partition coefficient (Wildman–Crippen LogP) is 2.07. The maximum absolute atomic E-state index is 13.8. The van der Waals surface area contributed by atoms with Crippen molar-refractivity contribution < 1.29 is 9.13 Å². The molecule has 0 spiro atoms. The van der Waals surface area contributed by atoms with Crippen molar-refractivity contribution in [2.75, 3.05) is 33.3 Å². The van der Waals surface area contributed by atoms with Gasteiger partial charge in [-0.2, -0.15) is 0 Å². The van der Waals surface area contributed by atoms with Gasteiger partial charge in [-0.15, -0.1) is 0 Å². The predicted molar refractivity (Wildman–Crippen MR) is 79.4 cm³/mol. The van der Waals surface area contributed by atoms with Crippen LogP contribution in [0.25, 0.3) is 0 Å². The summed E-state index contributed by atoms with van der Waals surface area (Å²) in [7, 11) is 2.11. The number of halogens is 1. The van der Waals surface area contributed by atoms with Crippen LogP contribution in [0.4, 0.5) is 4.39 Å². The van der Waals surface area contributed by atoms with E-state index in [-0.39, 0.29) is 18.0 Å². The lowest BCUT2D eigenvalue weighted by Crippen LogP contribution is -2.52. The quantitative estimate of drug-likeness (QED) is 0.863. The van der Waals surface area contributed by atoms with E-state index in [0.717, 1.165) is 38.2 Å². The van der Waals surface area contributed by atoms with E-state index in [0.29, 0.717) is 6.42 Å². The summed E-state index contributed by atoms with van der Waals surface area (Å²) in [4.78, 5) is 2.27. The van der Waals surface area contributed by atoms with Gasteiger partial charge >= 0.3 is 0 Å². The van der Waals surface area contributed by atoms with E-state index in [1.165, 1.54) is 6.07 Å². The highest BCUT2D eigenvalue weighted by Crippen LogP contribution is 2.15. The van der Waals surface area contributed by atoms with Gasteiger partial charge < -0.3 is 15.0 Å². The molecule has 0 aromatic heterocycles. The summed E-state index contributed by atoms with van der Waals surface area (Å²) in [6, 6.07) is 7.18. The van der Waals surface area contributed by atoms with Gasteiger partial charge in [0.1, 0.15) is 5.82 Å². The van der Waals surface area contributed by atoms with Crippen LogP contribution in [-0.2, 0) is 11.2 Å². The number of hydrogen-bond donors (Lipinski definition) is 1. The molecule has 1 fully saturated rings. The molecule has 1 aromatic rings. The molecular formula is C16H25FN2O. The number of likely N-dealkylation sites (N-methyl/N-ethyl adjacent to an activating group) is 1. The summed E-state index contributed by atoms with van der Waals surface area (Å²) >= 11 is 0. The third-order valence-corrected chi connectivity index (χ3v) is 3.80. The van der Waals surface area contributed by atoms with Crippen molar-refractivity contribution in [3.05, 3.63) is 35.6 Å². The largest absolute Gasteiger partial charge is 0.374 e. The molecule has 0 radical (unpaired) electrons. The van der Waals surface area contributed by atoms with Crippen molar-refractivity contribution in [1.82, 2.24) is 10.2 Å². The van der Waals surface area contributed by atoms with Crippen molar-refractivity contribution in [2.45, 2.75) is 31.9 Å². The van der Waals surface area contributed by atoms with Crippen LogP contribution in [0, 0.1) is 5.82 Å². The summed E-state index contributed by atoms with van der Waals surface area (Å²) in [5.74, 6) is -0.125. The number of rotatable bonds is 6. The van der Waals surface area contributed by atoms with E-state index in [9.17, 15) is 4.39 Å². The first-order valence-corrected chi connectivity index (χ1v) is 7.47. The standard InChI is InChI=1S/C16H25FN2O/c1-3-8-18-15(16-12-19(2)9-10-20-16)11-13-6-4-5-7-14(13)17/h4-7,15-16,18H,3,8-12H2,1-2H3. The van der Waals surface area contributed by atoms with Crippen LogP contribution >= 0.6 is 0 Å². The van der Waals surface area contributed by atoms with Crippen molar-refractivity contribution in [3.63, 3.8) is 0 Å². The first-order valence-electron chi connectivity index (χ1n) is 7.47. The molecule has 1 aliphatic heterocycles. The minimum atomic E-state index is -0.125. The fourth-order valence-electron chi connectivity index (χ4n) is 2.62. The average molecular weight is 280 g/mol. The van der Waals surface area contributed by atoms with E-state index in [4.69, 9.17) is 4.74 Å². The second-order valence-corrected chi connectivity index (χ2v) is 5.53. The second-order valence-electron chi connectivity index (χ2n) is 5.53. The van der Waals surface area contributed by atoms with Crippen LogP contribution in [0.15, 0.2) is 24.3 Å². The molecule has 3 nitrogen and oxygen atoms in total. The van der Waals surface area contributed by atoms with E-state index >= 15 is 0 Å². The van der Waals surface area contributed by atoms with Gasteiger partial charge in [-0.1, -0.05) is 25.1 Å². The number of hydrogen-bond acceptors (Lipinski definition) is 3. The third kappa shape index (κ3) is 4.27. The zero-order chi connectivity index (χ0) is 14.4. The molecule has 0 bridgehead atoms. The van der Waals surface area contributed by atoms with Gasteiger partial charge in [0.05, 0.1) is 12.7 Å². The highest BCUT2D eigenvalue weighted by molar-refractivity contribution is 5.19. The number of nitrogens with one attached hydrogen (secondary N) is 1. The molecule has 1 heterocycles. The Hall–Kier alpha value is -0.970. The minimum Gasteiger partial charge on any atom is -0.374 e. The molecular weight excluding hydrogens is 255 g/mol. The Balaban J connectivity index is 2.04. The Morgan fingerprint density at radius 1 is 1.45 bits per heavy atom. The molecule has 0 saturated carbocycles. The van der Waals surface area contributed by atoms with Gasteiger partial charge in [-0.05, 0) is 38.1 Å². The second kappa shape index (κ2) is 7.72. The Morgan fingerprint density at radius 2 is 2.25 bits per heavy atom. The normalized spacial score (nSPS) is 21.9. The highest BCUT2D eigenvalue weighted by atomic mass is 19.1. The maximum Gasteiger partial charge on any atom is 0.126 e. The van der Waals surface area contributed by atoms with Crippen molar-refractivity contribution >= 4 is 0 Å². The number of nitrogens with zero attached hydrogens (tertiary/aromatic N) is 1. The Bertz CT molecular complexity index is 413. The SMILES string of the molecule is CCCNC(Cc1ccccc1F)C1CN(C)CCO1. The third-order valence-electron chi connectivity index (χ3n) is 3.80.